The number of hydrogen-bond donors (Lipinski definition) is 0. The molecule has 2 aromatic carbocycles. The molecule has 0 radical (unpaired) electrons. The Morgan fingerprint density at radius 3 is 2.48 bits per heavy atom. The average molecular weight is 335 g/mol. The minimum atomic E-state index is -0.382. The number of oxazole rings is 1. The van der Waals surface area contributed by atoms with E-state index in [1.54, 1.807) is 30.5 Å². The van der Waals surface area contributed by atoms with Gasteiger partial charge in [0, 0.05) is 23.4 Å². The molecule has 1 amide bonds. The van der Waals surface area contributed by atoms with Crippen molar-refractivity contribution in [2.75, 3.05) is 11.4 Å². The monoisotopic (exact) mass is 335 g/mol. The summed E-state index contributed by atoms with van der Waals surface area (Å²) in [4.78, 5) is 18.1. The summed E-state index contributed by atoms with van der Waals surface area (Å²) in [6.45, 7) is 0.227. The molecule has 0 aliphatic carbocycles. The summed E-state index contributed by atoms with van der Waals surface area (Å²) in [6.07, 6.45) is 3.11. The van der Waals surface area contributed by atoms with Crippen LogP contribution < -0.4 is 4.90 Å². The summed E-state index contributed by atoms with van der Waals surface area (Å²) < 4.78 is 18.4. The van der Waals surface area contributed by atoms with Gasteiger partial charge in [0.25, 0.3) is 5.91 Å². The van der Waals surface area contributed by atoms with Gasteiger partial charge in [0.05, 0.1) is 18.7 Å². The molecule has 3 rings (SSSR count). The van der Waals surface area contributed by atoms with Crippen LogP contribution in [-0.2, 0) is 0 Å². The van der Waals surface area contributed by atoms with Gasteiger partial charge >= 0.3 is 0 Å². The first-order chi connectivity index (χ1) is 12.2. The Morgan fingerprint density at radius 2 is 1.88 bits per heavy atom. The fraction of sp³-hybridized carbons (Fsp3) is 0.105. The van der Waals surface area contributed by atoms with E-state index < -0.39 is 0 Å². The van der Waals surface area contributed by atoms with Crippen molar-refractivity contribution in [2.45, 2.75) is 6.42 Å². The fourth-order valence-electron chi connectivity index (χ4n) is 2.42. The standard InChI is InChI=1S/C19H14FN3O2/c20-16-6-8-17(9-7-16)23(11-1-10-21)19(24)15-4-2-14(3-5-15)18-12-22-13-25-18/h2-9,12-13H,1,11H2. The van der Waals surface area contributed by atoms with Crippen LogP contribution in [0.15, 0.2) is 65.5 Å². The van der Waals surface area contributed by atoms with E-state index >= 15 is 0 Å². The number of carbonyl (C=O) groups is 1. The molecule has 0 atom stereocenters. The molecule has 0 saturated heterocycles. The second-order valence-electron chi connectivity index (χ2n) is 5.28. The number of nitrogens with zero attached hydrogens (tertiary/aromatic N) is 3. The van der Waals surface area contributed by atoms with Gasteiger partial charge in [-0.1, -0.05) is 12.1 Å². The molecule has 1 heterocycles. The van der Waals surface area contributed by atoms with E-state index in [0.717, 1.165) is 5.56 Å². The van der Waals surface area contributed by atoms with E-state index in [9.17, 15) is 9.18 Å². The smallest absolute Gasteiger partial charge is 0.258 e. The van der Waals surface area contributed by atoms with Crippen LogP contribution in [0.2, 0.25) is 0 Å². The second kappa shape index (κ2) is 7.41. The molecule has 5 nitrogen and oxygen atoms in total. The molecule has 0 aliphatic rings. The fourth-order valence-corrected chi connectivity index (χ4v) is 2.42. The van der Waals surface area contributed by atoms with Crippen molar-refractivity contribution in [3.8, 4) is 17.4 Å². The summed E-state index contributed by atoms with van der Waals surface area (Å²) in [5.41, 5.74) is 1.81. The lowest BCUT2D eigenvalue weighted by Gasteiger charge is -2.22. The molecule has 1 aromatic heterocycles. The minimum Gasteiger partial charge on any atom is -0.444 e. The molecule has 124 valence electrons. The highest BCUT2D eigenvalue weighted by Gasteiger charge is 2.18. The van der Waals surface area contributed by atoms with Crippen molar-refractivity contribution in [2.24, 2.45) is 0 Å². The molecular formula is C19H14FN3O2. The van der Waals surface area contributed by atoms with E-state index in [-0.39, 0.29) is 24.7 Å². The number of aromatic nitrogens is 1. The molecule has 0 fully saturated rings. The predicted octanol–water partition coefficient (Wildman–Crippen LogP) is 4.04. The third-order valence-electron chi connectivity index (χ3n) is 3.68. The second-order valence-corrected chi connectivity index (χ2v) is 5.28. The van der Waals surface area contributed by atoms with Crippen molar-refractivity contribution in [1.29, 1.82) is 5.26 Å². The summed E-state index contributed by atoms with van der Waals surface area (Å²) in [5.74, 6) is -0.0299. The van der Waals surface area contributed by atoms with Gasteiger partial charge in [0.2, 0.25) is 0 Å². The summed E-state index contributed by atoms with van der Waals surface area (Å²) >= 11 is 0. The number of amides is 1. The predicted molar refractivity (Wildman–Crippen MR) is 90.2 cm³/mol. The van der Waals surface area contributed by atoms with Crippen molar-refractivity contribution < 1.29 is 13.6 Å². The molecule has 0 spiro atoms. The molecule has 0 N–H and O–H groups in total. The van der Waals surface area contributed by atoms with Gasteiger partial charge in [-0.05, 0) is 36.4 Å². The van der Waals surface area contributed by atoms with Gasteiger partial charge in [-0.15, -0.1) is 0 Å². The lowest BCUT2D eigenvalue weighted by Crippen LogP contribution is -2.31. The number of rotatable bonds is 5. The van der Waals surface area contributed by atoms with Gasteiger partial charge in [-0.3, -0.25) is 4.79 Å². The molecule has 0 bridgehead atoms. The molecule has 0 aliphatic heterocycles. The highest BCUT2D eigenvalue weighted by Crippen LogP contribution is 2.22. The maximum absolute atomic E-state index is 13.1. The number of anilines is 1. The third kappa shape index (κ3) is 3.72. The zero-order chi connectivity index (χ0) is 17.6. The first-order valence-electron chi connectivity index (χ1n) is 7.62. The largest absolute Gasteiger partial charge is 0.444 e. The van der Waals surface area contributed by atoms with Gasteiger partial charge in [0.15, 0.2) is 12.2 Å². The van der Waals surface area contributed by atoms with E-state index in [1.807, 2.05) is 6.07 Å². The Balaban J connectivity index is 1.86. The van der Waals surface area contributed by atoms with Gasteiger partial charge < -0.3 is 9.32 Å². The van der Waals surface area contributed by atoms with Gasteiger partial charge in [-0.2, -0.15) is 5.26 Å². The Morgan fingerprint density at radius 1 is 1.16 bits per heavy atom. The minimum absolute atomic E-state index is 0.180. The Hall–Kier alpha value is -3.46. The van der Waals surface area contributed by atoms with Crippen molar-refractivity contribution in [3.63, 3.8) is 0 Å². The Labute approximate surface area is 143 Å². The lowest BCUT2D eigenvalue weighted by atomic mass is 10.1. The topological polar surface area (TPSA) is 70.1 Å². The molecule has 3 aromatic rings. The van der Waals surface area contributed by atoms with Gasteiger partial charge in [0.1, 0.15) is 5.82 Å². The molecule has 0 unspecified atom stereocenters. The summed E-state index contributed by atoms with van der Waals surface area (Å²) in [6, 6.07) is 14.5. The Bertz CT molecular complexity index is 882. The SMILES string of the molecule is N#CCCN(C(=O)c1ccc(-c2cnco2)cc1)c1ccc(F)cc1. The number of nitriles is 1. The number of hydrogen-bond acceptors (Lipinski definition) is 4. The van der Waals surface area contributed by atoms with E-state index in [4.69, 9.17) is 9.68 Å². The highest BCUT2D eigenvalue weighted by atomic mass is 19.1. The van der Waals surface area contributed by atoms with Gasteiger partial charge in [-0.25, -0.2) is 9.37 Å². The highest BCUT2D eigenvalue weighted by molar-refractivity contribution is 6.06. The molecule has 25 heavy (non-hydrogen) atoms. The molecule has 6 heteroatoms. The third-order valence-corrected chi connectivity index (χ3v) is 3.68. The van der Waals surface area contributed by atoms with Crippen LogP contribution in [-0.4, -0.2) is 17.4 Å². The van der Waals surface area contributed by atoms with Crippen LogP contribution in [0.4, 0.5) is 10.1 Å². The first kappa shape index (κ1) is 16.4. The number of halogens is 1. The Kier molecular flexibility index (Phi) is 4.86. The molecular weight excluding hydrogens is 321 g/mol. The lowest BCUT2D eigenvalue weighted by molar-refractivity contribution is 0.0987. The van der Waals surface area contributed by atoms with E-state index in [0.29, 0.717) is 17.0 Å². The maximum Gasteiger partial charge on any atom is 0.258 e. The van der Waals surface area contributed by atoms with Crippen LogP contribution in [0.25, 0.3) is 11.3 Å². The number of benzene rings is 2. The zero-order valence-corrected chi connectivity index (χ0v) is 13.2. The van der Waals surface area contributed by atoms with Crippen molar-refractivity contribution in [1.82, 2.24) is 4.98 Å². The zero-order valence-electron chi connectivity index (χ0n) is 13.2. The van der Waals surface area contributed by atoms with Crippen LogP contribution in [0, 0.1) is 17.1 Å². The molecule has 0 saturated carbocycles. The van der Waals surface area contributed by atoms with Crippen molar-refractivity contribution in [3.05, 3.63) is 72.5 Å². The first-order valence-corrected chi connectivity index (χ1v) is 7.62. The van der Waals surface area contributed by atoms with Crippen LogP contribution in [0.1, 0.15) is 16.8 Å². The van der Waals surface area contributed by atoms with Crippen LogP contribution in [0.5, 0.6) is 0 Å². The maximum atomic E-state index is 13.1. The number of carbonyl (C=O) groups excluding carboxylic acids is 1. The normalized spacial score (nSPS) is 10.2. The quantitative estimate of drug-likeness (QED) is 0.705. The van der Waals surface area contributed by atoms with Crippen molar-refractivity contribution >= 4 is 11.6 Å². The van der Waals surface area contributed by atoms with E-state index in [1.165, 1.54) is 35.6 Å². The van der Waals surface area contributed by atoms with E-state index in [2.05, 4.69) is 4.98 Å². The van der Waals surface area contributed by atoms with Crippen LogP contribution >= 0.6 is 0 Å². The summed E-state index contributed by atoms with van der Waals surface area (Å²) in [5, 5.41) is 8.84. The summed E-state index contributed by atoms with van der Waals surface area (Å²) in [7, 11) is 0. The van der Waals surface area contributed by atoms with Crippen LogP contribution in [0.3, 0.4) is 0 Å². The average Bonchev–Trinajstić information content (AvgIpc) is 3.18.